The van der Waals surface area contributed by atoms with Gasteiger partial charge < -0.3 is 8.98 Å². The van der Waals surface area contributed by atoms with E-state index >= 15 is 0 Å². The van der Waals surface area contributed by atoms with E-state index in [1.807, 2.05) is 23.5 Å². The third kappa shape index (κ3) is 9.24. The number of benzene rings is 10. The van der Waals surface area contributed by atoms with Crippen molar-refractivity contribution in [3.8, 4) is 39.1 Å². The van der Waals surface area contributed by atoms with Crippen LogP contribution in [0, 0.1) is 27.7 Å². The van der Waals surface area contributed by atoms with Gasteiger partial charge in [-0.05, 0) is 103 Å². The van der Waals surface area contributed by atoms with Crippen molar-refractivity contribution in [1.29, 1.82) is 0 Å². The van der Waals surface area contributed by atoms with E-state index in [0.29, 0.717) is 0 Å². The fraction of sp³-hybridized carbons (Fsp3) is 0.0588. The van der Waals surface area contributed by atoms with Gasteiger partial charge in [0.2, 0.25) is 0 Å². The lowest BCUT2D eigenvalue weighted by Gasteiger charge is -2.13. The molecule has 0 N–H and O–H groups in total. The van der Waals surface area contributed by atoms with Crippen LogP contribution in [0.25, 0.3) is 103 Å². The van der Waals surface area contributed by atoms with Crippen LogP contribution in [-0.4, -0.2) is 4.57 Å². The highest BCUT2D eigenvalue weighted by Gasteiger charge is 2.13. The molecule has 3 heteroatoms. The minimum absolute atomic E-state index is 0.946. The van der Waals surface area contributed by atoms with E-state index in [1.54, 1.807) is 0 Å². The van der Waals surface area contributed by atoms with Crippen LogP contribution in [0.15, 0.2) is 253 Å². The number of aromatic nitrogens is 1. The summed E-state index contributed by atoms with van der Waals surface area (Å²) in [7, 11) is 0. The van der Waals surface area contributed by atoms with Crippen molar-refractivity contribution in [3.63, 3.8) is 0 Å². The predicted molar refractivity (Wildman–Crippen MR) is 307 cm³/mol. The molecule has 0 saturated carbocycles. The Bertz CT molecular complexity index is 3910. The van der Waals surface area contributed by atoms with Crippen molar-refractivity contribution in [2.75, 3.05) is 0 Å². The smallest absolute Gasteiger partial charge is 0.143 e. The van der Waals surface area contributed by atoms with E-state index in [2.05, 4.69) is 269 Å². The zero-order chi connectivity index (χ0) is 48.3. The third-order valence-electron chi connectivity index (χ3n) is 13.4. The Kier molecular flexibility index (Phi) is 12.6. The molecule has 0 amide bonds. The van der Waals surface area contributed by atoms with Crippen LogP contribution in [0.3, 0.4) is 0 Å². The van der Waals surface area contributed by atoms with Crippen LogP contribution in [0.2, 0.25) is 0 Å². The molecular weight excluding hydrogens is 879 g/mol. The Morgan fingerprint density at radius 1 is 0.338 bits per heavy atom. The van der Waals surface area contributed by atoms with Gasteiger partial charge in [-0.3, -0.25) is 0 Å². The molecule has 0 radical (unpaired) electrons. The number of furan rings is 1. The number of rotatable bonds is 4. The topological polar surface area (TPSA) is 18.1 Å². The molecule has 13 rings (SSSR count). The van der Waals surface area contributed by atoms with Crippen LogP contribution < -0.4 is 0 Å². The average Bonchev–Trinajstić information content (AvgIpc) is 4.01. The van der Waals surface area contributed by atoms with Gasteiger partial charge in [0.1, 0.15) is 11.2 Å². The molecule has 0 aliphatic heterocycles. The molecule has 0 aliphatic rings. The molecule has 0 spiro atoms. The first-order valence-electron chi connectivity index (χ1n) is 24.3. The highest BCUT2D eigenvalue weighted by Crippen LogP contribution is 2.40. The second-order valence-corrected chi connectivity index (χ2v) is 19.4. The lowest BCUT2D eigenvalue weighted by Crippen LogP contribution is -1.99. The highest BCUT2D eigenvalue weighted by atomic mass is 32.1. The maximum atomic E-state index is 6.07. The first kappa shape index (κ1) is 45.0. The lowest BCUT2D eigenvalue weighted by molar-refractivity contribution is 0.670. The Labute approximate surface area is 419 Å². The summed E-state index contributed by atoms with van der Waals surface area (Å²) in [6, 6.07) is 88.6. The Morgan fingerprint density at radius 2 is 0.859 bits per heavy atom. The summed E-state index contributed by atoms with van der Waals surface area (Å²) in [6.45, 7) is 8.54. The Hall–Kier alpha value is -8.50. The van der Waals surface area contributed by atoms with Gasteiger partial charge >= 0.3 is 0 Å². The average molecular weight is 932 g/mol. The van der Waals surface area contributed by atoms with Crippen LogP contribution in [0.1, 0.15) is 22.4 Å². The quantitative estimate of drug-likeness (QED) is 0.172. The largest absolute Gasteiger partial charge is 0.455 e. The van der Waals surface area contributed by atoms with Gasteiger partial charge in [0.15, 0.2) is 0 Å². The van der Waals surface area contributed by atoms with Gasteiger partial charge in [-0.1, -0.05) is 229 Å². The minimum Gasteiger partial charge on any atom is -0.455 e. The number of fused-ring (bicyclic) bond motifs is 9. The fourth-order valence-electron chi connectivity index (χ4n) is 9.63. The summed E-state index contributed by atoms with van der Waals surface area (Å²) in [6.07, 6.45) is 0. The molecule has 13 aromatic rings. The maximum Gasteiger partial charge on any atom is 0.143 e. The van der Waals surface area contributed by atoms with Crippen LogP contribution in [0.4, 0.5) is 0 Å². The van der Waals surface area contributed by atoms with Gasteiger partial charge in [-0.25, -0.2) is 0 Å². The van der Waals surface area contributed by atoms with Gasteiger partial charge in [0, 0.05) is 53.3 Å². The van der Waals surface area contributed by atoms with Crippen LogP contribution >= 0.6 is 11.3 Å². The summed E-state index contributed by atoms with van der Waals surface area (Å²) in [4.78, 5) is 0. The molecule has 0 unspecified atom stereocenters. The monoisotopic (exact) mass is 931 g/mol. The molecule has 3 heterocycles. The summed E-state index contributed by atoms with van der Waals surface area (Å²) >= 11 is 1.89. The number of thiophene rings is 1. The van der Waals surface area contributed by atoms with Crippen molar-refractivity contribution in [3.05, 3.63) is 271 Å². The molecule has 0 aliphatic carbocycles. The fourth-order valence-corrected chi connectivity index (χ4v) is 10.9. The van der Waals surface area contributed by atoms with E-state index in [1.165, 1.54) is 103 Å². The maximum absolute atomic E-state index is 6.07. The third-order valence-corrected chi connectivity index (χ3v) is 14.6. The van der Waals surface area contributed by atoms with Gasteiger partial charge in [-0.15, -0.1) is 11.3 Å². The number of para-hydroxylation sites is 3. The van der Waals surface area contributed by atoms with Crippen molar-refractivity contribution < 1.29 is 4.42 Å². The van der Waals surface area contributed by atoms with E-state index in [-0.39, 0.29) is 0 Å². The zero-order valence-corrected chi connectivity index (χ0v) is 41.3. The second-order valence-electron chi connectivity index (χ2n) is 18.3. The molecule has 0 bridgehead atoms. The van der Waals surface area contributed by atoms with Crippen molar-refractivity contribution >= 4 is 75.1 Å². The molecule has 2 nitrogen and oxygen atoms in total. The summed E-state index contributed by atoms with van der Waals surface area (Å²) in [5.41, 5.74) is 16.7. The van der Waals surface area contributed by atoms with Crippen molar-refractivity contribution in [1.82, 2.24) is 4.57 Å². The van der Waals surface area contributed by atoms with Crippen molar-refractivity contribution in [2.24, 2.45) is 0 Å². The molecule has 342 valence electrons. The van der Waals surface area contributed by atoms with Gasteiger partial charge in [0.25, 0.3) is 0 Å². The van der Waals surface area contributed by atoms with E-state index < -0.39 is 0 Å². The number of hydrogen-bond donors (Lipinski definition) is 0. The molecule has 10 aromatic carbocycles. The van der Waals surface area contributed by atoms with E-state index in [4.69, 9.17) is 4.42 Å². The van der Waals surface area contributed by atoms with Crippen molar-refractivity contribution in [2.45, 2.75) is 27.7 Å². The number of nitrogens with zero attached hydrogens (tertiary/aromatic N) is 1. The number of hydrogen-bond acceptors (Lipinski definition) is 2. The zero-order valence-electron chi connectivity index (χ0n) is 40.4. The molecular formula is C68H53NOS. The number of aryl methyl sites for hydroxylation is 4. The summed E-state index contributed by atoms with van der Waals surface area (Å²) in [5.74, 6) is 0. The minimum atomic E-state index is 0.946. The molecule has 0 fully saturated rings. The summed E-state index contributed by atoms with van der Waals surface area (Å²) < 4.78 is 11.2. The molecule has 71 heavy (non-hydrogen) atoms. The van der Waals surface area contributed by atoms with Gasteiger partial charge in [0.05, 0.1) is 5.52 Å². The van der Waals surface area contributed by atoms with Gasteiger partial charge in [-0.2, -0.15) is 0 Å². The second kappa shape index (κ2) is 19.8. The molecule has 0 saturated heterocycles. The molecule has 3 aromatic heterocycles. The highest BCUT2D eigenvalue weighted by molar-refractivity contribution is 7.26. The van der Waals surface area contributed by atoms with Crippen LogP contribution in [0.5, 0.6) is 0 Å². The van der Waals surface area contributed by atoms with E-state index in [9.17, 15) is 0 Å². The SMILES string of the molecule is Cc1ccc(-c2ccc(C)n(-c3ccccc3)c3ccc4ccccc4c3cc2)cc1.Cc1ccc(-c2cccc3c2oc2ccccc23)cc1.Cc1ccc(-c2cccc3c2sc2ccccc23)cc1. The predicted octanol–water partition coefficient (Wildman–Crippen LogP) is 19.8. The molecule has 0 atom stereocenters. The van der Waals surface area contributed by atoms with E-state index in [0.717, 1.165) is 22.4 Å². The Morgan fingerprint density at radius 3 is 1.56 bits per heavy atom. The standard InChI is InChI=1S/C30H25N.C19H14O.C19H14S/c1-22-12-15-24(16-13-22)25-17-14-23(2)31(27-9-4-3-5-10-27)30-21-19-26-8-6-7-11-28(26)29(30)20-18-25;2*1-13-9-11-14(12-10-13)15-6-4-7-17-16-5-2-3-8-18(16)20-19(15)17/h3-21H,1-2H3;2*2-12H,1H3. The first-order valence-corrected chi connectivity index (χ1v) is 25.1. The Balaban J connectivity index is 0.000000120. The first-order chi connectivity index (χ1) is 34.9. The lowest BCUT2D eigenvalue weighted by atomic mass is 10.0. The van der Waals surface area contributed by atoms with Crippen LogP contribution in [-0.2, 0) is 0 Å². The summed E-state index contributed by atoms with van der Waals surface area (Å²) in [5, 5.41) is 8.82. The normalized spacial score (nSPS) is 11.1.